The van der Waals surface area contributed by atoms with Crippen LogP contribution in [0.25, 0.3) is 0 Å². The molecule has 1 aromatic carbocycles. The Kier molecular flexibility index (Phi) is 4.84. The van der Waals surface area contributed by atoms with E-state index in [-0.39, 0.29) is 23.0 Å². The normalized spacial score (nSPS) is 15.1. The van der Waals surface area contributed by atoms with Crippen LogP contribution in [0.1, 0.15) is 34.1 Å². The van der Waals surface area contributed by atoms with Crippen LogP contribution >= 0.6 is 0 Å². The van der Waals surface area contributed by atoms with Gasteiger partial charge in [0.25, 0.3) is 0 Å². The van der Waals surface area contributed by atoms with Crippen molar-refractivity contribution < 1.29 is 19.1 Å². The molecule has 1 aliphatic carbocycles. The van der Waals surface area contributed by atoms with Crippen molar-refractivity contribution in [2.24, 2.45) is 5.92 Å². The highest BCUT2D eigenvalue weighted by molar-refractivity contribution is 6.28. The summed E-state index contributed by atoms with van der Waals surface area (Å²) in [5.74, 6) is 0.180. The highest BCUT2D eigenvalue weighted by Gasteiger charge is 2.36. The number of allylic oxidation sites excluding steroid dienone is 4. The van der Waals surface area contributed by atoms with E-state index >= 15 is 0 Å². The molecular weight excluding hydrogens is 292 g/mol. The number of fused-ring (bicyclic) bond motifs is 1. The molecule has 0 fully saturated rings. The lowest BCUT2D eigenvalue weighted by Gasteiger charge is -2.25. The first-order valence-electron chi connectivity index (χ1n) is 7.32. The number of ketones is 2. The van der Waals surface area contributed by atoms with Crippen molar-refractivity contribution in [2.45, 2.75) is 13.3 Å². The van der Waals surface area contributed by atoms with E-state index in [4.69, 9.17) is 9.47 Å². The third-order valence-electron chi connectivity index (χ3n) is 4.00. The molecule has 0 bridgehead atoms. The largest absolute Gasteiger partial charge is 0.497 e. The van der Waals surface area contributed by atoms with Crippen molar-refractivity contribution in [1.82, 2.24) is 0 Å². The molecule has 0 aromatic heterocycles. The predicted octanol–water partition coefficient (Wildman–Crippen LogP) is 3.78. The smallest absolute Gasteiger partial charge is 0.194 e. The SMILES string of the molecule is C=CCC1=C(C(C)C=C)C(=O)c2cc(OC)cc(OC)c2C1=O. The number of hydrogen-bond donors (Lipinski definition) is 0. The summed E-state index contributed by atoms with van der Waals surface area (Å²) in [6.07, 6.45) is 3.61. The zero-order valence-electron chi connectivity index (χ0n) is 13.6. The zero-order chi connectivity index (χ0) is 17.1. The average molecular weight is 312 g/mol. The Morgan fingerprint density at radius 2 is 1.83 bits per heavy atom. The van der Waals surface area contributed by atoms with Crippen molar-refractivity contribution >= 4 is 11.6 Å². The van der Waals surface area contributed by atoms with Crippen LogP contribution in [0.4, 0.5) is 0 Å². The molecule has 0 N–H and O–H groups in total. The summed E-state index contributed by atoms with van der Waals surface area (Å²) in [5, 5.41) is 0. The third kappa shape index (κ3) is 2.72. The molecule has 0 heterocycles. The maximum atomic E-state index is 13.0. The van der Waals surface area contributed by atoms with Crippen LogP contribution in [-0.2, 0) is 0 Å². The Hall–Kier alpha value is -2.62. The summed E-state index contributed by atoms with van der Waals surface area (Å²) in [6, 6.07) is 3.19. The fraction of sp³-hybridized carbons (Fsp3) is 0.263. The lowest BCUT2D eigenvalue weighted by Crippen LogP contribution is -2.25. The molecule has 0 saturated carbocycles. The van der Waals surface area contributed by atoms with E-state index in [0.29, 0.717) is 34.6 Å². The first-order chi connectivity index (χ1) is 11.0. The van der Waals surface area contributed by atoms with Crippen molar-refractivity contribution in [3.8, 4) is 11.5 Å². The second-order valence-electron chi connectivity index (χ2n) is 5.32. The van der Waals surface area contributed by atoms with Gasteiger partial charge in [-0.05, 0) is 12.5 Å². The van der Waals surface area contributed by atoms with Crippen LogP contribution in [0.2, 0.25) is 0 Å². The van der Waals surface area contributed by atoms with E-state index in [1.165, 1.54) is 14.2 Å². The average Bonchev–Trinajstić information content (AvgIpc) is 2.57. The number of hydrogen-bond acceptors (Lipinski definition) is 4. The molecule has 1 atom stereocenters. The van der Waals surface area contributed by atoms with E-state index in [2.05, 4.69) is 13.2 Å². The van der Waals surface area contributed by atoms with Crippen LogP contribution < -0.4 is 9.47 Å². The molecule has 0 aliphatic heterocycles. The van der Waals surface area contributed by atoms with Gasteiger partial charge in [0.05, 0.1) is 19.8 Å². The van der Waals surface area contributed by atoms with E-state index in [1.807, 2.05) is 6.92 Å². The maximum Gasteiger partial charge on any atom is 0.194 e. The lowest BCUT2D eigenvalue weighted by atomic mass is 9.77. The van der Waals surface area contributed by atoms with Crippen LogP contribution in [0, 0.1) is 5.92 Å². The summed E-state index contributed by atoms with van der Waals surface area (Å²) in [4.78, 5) is 25.9. The Labute approximate surface area is 136 Å². The summed E-state index contributed by atoms with van der Waals surface area (Å²) in [7, 11) is 2.97. The van der Waals surface area contributed by atoms with Crippen LogP contribution in [0.5, 0.6) is 11.5 Å². The fourth-order valence-corrected chi connectivity index (χ4v) is 2.78. The number of carbonyl (C=O) groups excluding carboxylic acids is 2. The van der Waals surface area contributed by atoms with Gasteiger partial charge >= 0.3 is 0 Å². The van der Waals surface area contributed by atoms with Gasteiger partial charge in [0, 0.05) is 28.7 Å². The predicted molar refractivity (Wildman–Crippen MR) is 89.4 cm³/mol. The second kappa shape index (κ2) is 6.65. The summed E-state index contributed by atoms with van der Waals surface area (Å²) in [5.41, 5.74) is 1.51. The molecule has 1 aliphatic rings. The van der Waals surface area contributed by atoms with E-state index in [1.54, 1.807) is 24.3 Å². The number of methoxy groups -OCH3 is 2. The molecule has 1 unspecified atom stereocenters. The van der Waals surface area contributed by atoms with Gasteiger partial charge in [-0.2, -0.15) is 0 Å². The topological polar surface area (TPSA) is 52.6 Å². The van der Waals surface area contributed by atoms with E-state index < -0.39 is 0 Å². The van der Waals surface area contributed by atoms with Gasteiger partial charge < -0.3 is 9.47 Å². The minimum atomic E-state index is -0.230. The molecule has 1 aromatic rings. The van der Waals surface area contributed by atoms with Gasteiger partial charge in [-0.1, -0.05) is 19.1 Å². The molecule has 0 saturated heterocycles. The van der Waals surface area contributed by atoms with Crippen molar-refractivity contribution in [2.75, 3.05) is 14.2 Å². The molecule has 2 rings (SSSR count). The Morgan fingerprint density at radius 3 is 2.35 bits per heavy atom. The first-order valence-corrected chi connectivity index (χ1v) is 7.32. The van der Waals surface area contributed by atoms with Gasteiger partial charge in [0.1, 0.15) is 11.5 Å². The monoisotopic (exact) mass is 312 g/mol. The van der Waals surface area contributed by atoms with E-state index in [0.717, 1.165) is 0 Å². The summed E-state index contributed by atoms with van der Waals surface area (Å²) in [6.45, 7) is 9.27. The standard InChI is InChI=1S/C19H20O4/c1-6-8-13-16(11(3)7-2)19(21)14-9-12(22-4)10-15(23-5)17(14)18(13)20/h6-7,9-11H,1-2,8H2,3-5H3. The molecule has 0 amide bonds. The number of rotatable bonds is 6. The molecular formula is C19H20O4. The highest BCUT2D eigenvalue weighted by Crippen LogP contribution is 2.39. The first kappa shape index (κ1) is 16.7. The minimum absolute atomic E-state index is 0.193. The zero-order valence-corrected chi connectivity index (χ0v) is 13.6. The molecule has 0 spiro atoms. The lowest BCUT2D eigenvalue weighted by molar-refractivity contribution is 0.0964. The Bertz CT molecular complexity index is 725. The fourth-order valence-electron chi connectivity index (χ4n) is 2.78. The Balaban J connectivity index is 2.78. The quantitative estimate of drug-likeness (QED) is 0.750. The molecule has 120 valence electrons. The highest BCUT2D eigenvalue weighted by atomic mass is 16.5. The minimum Gasteiger partial charge on any atom is -0.497 e. The van der Waals surface area contributed by atoms with Gasteiger partial charge in [-0.15, -0.1) is 13.2 Å². The van der Waals surface area contributed by atoms with Gasteiger partial charge in [0.2, 0.25) is 0 Å². The van der Waals surface area contributed by atoms with Gasteiger partial charge in [0.15, 0.2) is 11.6 Å². The number of ether oxygens (including phenoxy) is 2. The van der Waals surface area contributed by atoms with Crippen LogP contribution in [0.15, 0.2) is 48.6 Å². The van der Waals surface area contributed by atoms with Crippen LogP contribution in [-0.4, -0.2) is 25.8 Å². The molecule has 4 heteroatoms. The maximum absolute atomic E-state index is 13.0. The van der Waals surface area contributed by atoms with Gasteiger partial charge in [-0.25, -0.2) is 0 Å². The van der Waals surface area contributed by atoms with Crippen LogP contribution in [0.3, 0.4) is 0 Å². The van der Waals surface area contributed by atoms with Crippen molar-refractivity contribution in [1.29, 1.82) is 0 Å². The number of benzene rings is 1. The Morgan fingerprint density at radius 1 is 1.13 bits per heavy atom. The molecule has 0 radical (unpaired) electrons. The van der Waals surface area contributed by atoms with Crippen molar-refractivity contribution in [3.05, 3.63) is 59.7 Å². The third-order valence-corrected chi connectivity index (χ3v) is 4.00. The molecule has 4 nitrogen and oxygen atoms in total. The summed E-state index contributed by atoms with van der Waals surface area (Å²) < 4.78 is 10.5. The van der Waals surface area contributed by atoms with Crippen molar-refractivity contribution in [3.63, 3.8) is 0 Å². The molecule has 23 heavy (non-hydrogen) atoms. The number of Topliss-reactive ketones (excluding diaryl/α,β-unsaturated/α-hetero) is 2. The second-order valence-corrected chi connectivity index (χ2v) is 5.32. The summed E-state index contributed by atoms with van der Waals surface area (Å²) >= 11 is 0. The number of carbonyl (C=O) groups is 2. The van der Waals surface area contributed by atoms with E-state index in [9.17, 15) is 9.59 Å². The van der Waals surface area contributed by atoms with Gasteiger partial charge in [-0.3, -0.25) is 9.59 Å².